The van der Waals surface area contributed by atoms with Gasteiger partial charge >= 0.3 is 5.69 Å². The summed E-state index contributed by atoms with van der Waals surface area (Å²) in [5.74, 6) is 0. The Morgan fingerprint density at radius 1 is 0.348 bits per heavy atom. The van der Waals surface area contributed by atoms with E-state index in [4.69, 9.17) is 0 Å². The molecular formula is C43H28N2O. The summed E-state index contributed by atoms with van der Waals surface area (Å²) in [7, 11) is 0. The molecule has 0 N–H and O–H groups in total. The van der Waals surface area contributed by atoms with Gasteiger partial charge in [-0.2, -0.15) is 0 Å². The number of benzene rings is 8. The average Bonchev–Trinajstić information content (AvgIpc) is 3.42. The Morgan fingerprint density at radius 3 is 1.30 bits per heavy atom. The molecular weight excluding hydrogens is 560 g/mol. The van der Waals surface area contributed by atoms with Crippen molar-refractivity contribution in [2.45, 2.75) is 0 Å². The van der Waals surface area contributed by atoms with Crippen molar-refractivity contribution in [1.82, 2.24) is 9.13 Å². The Kier molecular flexibility index (Phi) is 5.97. The summed E-state index contributed by atoms with van der Waals surface area (Å²) in [5.41, 5.74) is 8.10. The Bertz CT molecular complexity index is 2630. The van der Waals surface area contributed by atoms with Crippen LogP contribution in [0.5, 0.6) is 0 Å². The smallest absolute Gasteiger partial charge is 0.260 e. The van der Waals surface area contributed by atoms with E-state index in [1.807, 2.05) is 59.2 Å². The predicted octanol–water partition coefficient (Wildman–Crippen LogP) is 10.6. The Labute approximate surface area is 265 Å². The first kappa shape index (κ1) is 26.2. The van der Waals surface area contributed by atoms with Gasteiger partial charge in [0.05, 0.1) is 22.4 Å². The summed E-state index contributed by atoms with van der Waals surface area (Å²) in [6.45, 7) is 0. The first-order valence-corrected chi connectivity index (χ1v) is 15.6. The lowest BCUT2D eigenvalue weighted by Gasteiger charge is -2.19. The zero-order valence-electron chi connectivity index (χ0n) is 25.0. The molecule has 1 aromatic heterocycles. The molecule has 0 unspecified atom stereocenters. The van der Waals surface area contributed by atoms with E-state index >= 15 is 0 Å². The Balaban J connectivity index is 1.30. The summed E-state index contributed by atoms with van der Waals surface area (Å²) >= 11 is 0. The van der Waals surface area contributed by atoms with Crippen molar-refractivity contribution in [2.24, 2.45) is 0 Å². The van der Waals surface area contributed by atoms with Gasteiger partial charge < -0.3 is 0 Å². The van der Waals surface area contributed by atoms with Crippen molar-refractivity contribution >= 4 is 43.4 Å². The lowest BCUT2D eigenvalue weighted by Crippen LogP contribution is -2.22. The SMILES string of the molecule is O=c1n(-c2ccccc2)c2ccccc2n1-c1ccc(-c2c3ccccc3c(-c3ccccc3)c3cc4ccccc4cc23)cc1. The normalized spacial score (nSPS) is 11.6. The zero-order chi connectivity index (χ0) is 30.6. The van der Waals surface area contributed by atoms with Gasteiger partial charge in [-0.3, -0.25) is 9.13 Å². The van der Waals surface area contributed by atoms with Gasteiger partial charge in [-0.15, -0.1) is 0 Å². The number of fused-ring (bicyclic) bond motifs is 4. The van der Waals surface area contributed by atoms with Crippen LogP contribution in [0, 0.1) is 0 Å². The van der Waals surface area contributed by atoms with Gasteiger partial charge in [-0.25, -0.2) is 4.79 Å². The molecule has 0 saturated heterocycles. The molecule has 1 heterocycles. The number of imidazole rings is 1. The van der Waals surface area contributed by atoms with E-state index in [9.17, 15) is 4.79 Å². The van der Waals surface area contributed by atoms with E-state index in [1.165, 1.54) is 49.0 Å². The van der Waals surface area contributed by atoms with Gasteiger partial charge in [0.25, 0.3) is 0 Å². The molecule has 8 aromatic carbocycles. The molecule has 0 aliphatic rings. The third-order valence-corrected chi connectivity index (χ3v) is 9.13. The maximum Gasteiger partial charge on any atom is 0.338 e. The highest BCUT2D eigenvalue weighted by Crippen LogP contribution is 2.45. The highest BCUT2D eigenvalue weighted by atomic mass is 16.1. The van der Waals surface area contributed by atoms with Crippen molar-refractivity contribution in [3.63, 3.8) is 0 Å². The van der Waals surface area contributed by atoms with E-state index in [0.29, 0.717) is 0 Å². The summed E-state index contributed by atoms with van der Waals surface area (Å²) in [6.07, 6.45) is 0. The van der Waals surface area contributed by atoms with Crippen LogP contribution in [0.2, 0.25) is 0 Å². The first-order chi connectivity index (χ1) is 22.8. The van der Waals surface area contributed by atoms with Gasteiger partial charge in [0.2, 0.25) is 0 Å². The van der Waals surface area contributed by atoms with E-state index in [0.717, 1.165) is 28.0 Å². The molecule has 0 saturated carbocycles. The maximum atomic E-state index is 14.0. The summed E-state index contributed by atoms with van der Waals surface area (Å²) < 4.78 is 3.60. The Morgan fingerprint density at radius 2 is 0.761 bits per heavy atom. The van der Waals surface area contributed by atoms with Crippen LogP contribution in [0.4, 0.5) is 0 Å². The number of nitrogens with zero attached hydrogens (tertiary/aromatic N) is 2. The van der Waals surface area contributed by atoms with Crippen molar-refractivity contribution in [2.75, 3.05) is 0 Å². The fourth-order valence-electron chi connectivity index (χ4n) is 7.09. The van der Waals surface area contributed by atoms with Crippen LogP contribution >= 0.6 is 0 Å². The fourth-order valence-corrected chi connectivity index (χ4v) is 7.09. The van der Waals surface area contributed by atoms with Gasteiger partial charge in [0.1, 0.15) is 0 Å². The first-order valence-electron chi connectivity index (χ1n) is 15.6. The number of rotatable bonds is 4. The molecule has 0 aliphatic heterocycles. The molecule has 0 bridgehead atoms. The number of hydrogen-bond donors (Lipinski definition) is 0. The largest absolute Gasteiger partial charge is 0.338 e. The topological polar surface area (TPSA) is 26.9 Å². The number of aromatic nitrogens is 2. The highest BCUT2D eigenvalue weighted by molar-refractivity contribution is 6.23. The van der Waals surface area contributed by atoms with Crippen molar-refractivity contribution in [3.05, 3.63) is 180 Å². The van der Waals surface area contributed by atoms with E-state index in [1.54, 1.807) is 4.57 Å². The van der Waals surface area contributed by atoms with Gasteiger partial charge in [0, 0.05) is 0 Å². The molecule has 9 rings (SSSR count). The van der Waals surface area contributed by atoms with E-state index < -0.39 is 0 Å². The van der Waals surface area contributed by atoms with E-state index in [-0.39, 0.29) is 5.69 Å². The minimum atomic E-state index is -0.0882. The summed E-state index contributed by atoms with van der Waals surface area (Å²) in [6, 6.07) is 59.0. The van der Waals surface area contributed by atoms with Gasteiger partial charge in [0.15, 0.2) is 0 Å². The predicted molar refractivity (Wildman–Crippen MR) is 192 cm³/mol. The van der Waals surface area contributed by atoms with Crippen molar-refractivity contribution < 1.29 is 0 Å². The van der Waals surface area contributed by atoms with Crippen LogP contribution in [0.15, 0.2) is 175 Å². The van der Waals surface area contributed by atoms with Crippen LogP contribution in [0.1, 0.15) is 0 Å². The molecule has 0 atom stereocenters. The van der Waals surface area contributed by atoms with Crippen LogP contribution in [0.3, 0.4) is 0 Å². The second kappa shape index (κ2) is 10.5. The van der Waals surface area contributed by atoms with Crippen LogP contribution < -0.4 is 5.69 Å². The molecule has 0 fully saturated rings. The quantitative estimate of drug-likeness (QED) is 0.188. The summed E-state index contributed by atoms with van der Waals surface area (Å²) in [4.78, 5) is 14.0. The number of hydrogen-bond acceptors (Lipinski definition) is 1. The monoisotopic (exact) mass is 588 g/mol. The molecule has 46 heavy (non-hydrogen) atoms. The molecule has 9 aromatic rings. The minimum Gasteiger partial charge on any atom is -0.260 e. The second-order valence-electron chi connectivity index (χ2n) is 11.7. The lowest BCUT2D eigenvalue weighted by atomic mass is 9.85. The number of para-hydroxylation sites is 3. The highest BCUT2D eigenvalue weighted by Gasteiger charge is 2.19. The maximum absolute atomic E-state index is 14.0. The average molecular weight is 589 g/mol. The Hall–Kier alpha value is -6.19. The third-order valence-electron chi connectivity index (χ3n) is 9.13. The van der Waals surface area contributed by atoms with Gasteiger partial charge in [-0.1, -0.05) is 121 Å². The lowest BCUT2D eigenvalue weighted by molar-refractivity contribution is 0.931. The molecule has 0 aliphatic carbocycles. The van der Waals surface area contributed by atoms with Crippen LogP contribution in [0.25, 0.3) is 77.0 Å². The zero-order valence-corrected chi connectivity index (χ0v) is 25.0. The molecule has 3 heteroatoms. The minimum absolute atomic E-state index is 0.0882. The van der Waals surface area contributed by atoms with E-state index in [2.05, 4.69) is 115 Å². The van der Waals surface area contributed by atoms with Gasteiger partial charge in [-0.05, 0) is 103 Å². The standard InChI is InChI=1S/C43H28N2O/c46-43-44(33-17-5-2-6-18-33)39-21-11-12-22-40(39)45(43)34-25-23-30(24-26-34)42-36-20-10-9-19-35(36)41(29-13-3-1-4-14-29)37-27-31-15-7-8-16-32(31)28-38(37)42/h1-28H. The molecule has 3 nitrogen and oxygen atoms in total. The molecule has 0 radical (unpaired) electrons. The second-order valence-corrected chi connectivity index (χ2v) is 11.7. The molecule has 0 amide bonds. The van der Waals surface area contributed by atoms with Crippen LogP contribution in [-0.2, 0) is 0 Å². The van der Waals surface area contributed by atoms with Crippen molar-refractivity contribution in [3.8, 4) is 33.6 Å². The van der Waals surface area contributed by atoms with Crippen molar-refractivity contribution in [1.29, 1.82) is 0 Å². The fraction of sp³-hybridized carbons (Fsp3) is 0. The summed E-state index contributed by atoms with van der Waals surface area (Å²) in [5, 5.41) is 7.29. The van der Waals surface area contributed by atoms with Crippen LogP contribution in [-0.4, -0.2) is 9.13 Å². The molecule has 216 valence electrons. The third kappa shape index (κ3) is 4.03. The molecule has 0 spiro atoms.